The number of rotatable bonds is 4. The standard InChI is InChI=1S/C20H19ClFN7S/c1-12-8-13(2)26-19(25-12)28-18(24-11-14-4-3-7-23-10-14)29-20(30)27-15-5-6-17(22)16(21)9-15/h3-10H,11H2,1-2H3,(H3,24,25,26,27,28,29,30). The van der Waals surface area contributed by atoms with E-state index < -0.39 is 5.82 Å². The first kappa shape index (κ1) is 21.5. The molecule has 0 aliphatic heterocycles. The van der Waals surface area contributed by atoms with Gasteiger partial charge in [-0.2, -0.15) is 0 Å². The van der Waals surface area contributed by atoms with Crippen LogP contribution in [0.3, 0.4) is 0 Å². The number of hydrogen-bond donors (Lipinski definition) is 3. The number of hydrogen-bond acceptors (Lipinski definition) is 5. The quantitative estimate of drug-likeness (QED) is 0.316. The highest BCUT2D eigenvalue weighted by molar-refractivity contribution is 7.80. The summed E-state index contributed by atoms with van der Waals surface area (Å²) in [6, 6.07) is 9.85. The van der Waals surface area contributed by atoms with Crippen molar-refractivity contribution in [2.75, 3.05) is 10.6 Å². The van der Waals surface area contributed by atoms with E-state index in [1.165, 1.54) is 18.2 Å². The Bertz CT molecular complexity index is 1060. The number of pyridine rings is 1. The van der Waals surface area contributed by atoms with Gasteiger partial charge in [0.2, 0.25) is 11.9 Å². The van der Waals surface area contributed by atoms with Crippen LogP contribution in [0.15, 0.2) is 53.8 Å². The Kier molecular flexibility index (Phi) is 7.21. The number of guanidine groups is 1. The molecule has 10 heteroatoms. The van der Waals surface area contributed by atoms with Gasteiger partial charge in [-0.15, -0.1) is 0 Å². The van der Waals surface area contributed by atoms with E-state index in [2.05, 4.69) is 35.9 Å². The fraction of sp³-hybridized carbons (Fsp3) is 0.150. The molecule has 0 unspecified atom stereocenters. The van der Waals surface area contributed by atoms with Crippen LogP contribution in [0.1, 0.15) is 17.0 Å². The number of aromatic nitrogens is 3. The Morgan fingerprint density at radius 3 is 2.57 bits per heavy atom. The monoisotopic (exact) mass is 443 g/mol. The predicted molar refractivity (Wildman–Crippen MR) is 121 cm³/mol. The van der Waals surface area contributed by atoms with Crippen molar-refractivity contribution in [3.05, 3.63) is 76.6 Å². The summed E-state index contributed by atoms with van der Waals surface area (Å²) < 4.78 is 13.4. The largest absolute Gasteiger partial charge is 0.332 e. The SMILES string of the molecule is Cc1cc(C)nc(NC(=NCc2cccnc2)NC(=S)Nc2ccc(F)c(Cl)c2)n1. The first-order valence-corrected chi connectivity index (χ1v) is 9.73. The molecular weight excluding hydrogens is 425 g/mol. The van der Waals surface area contributed by atoms with Gasteiger partial charge in [-0.05, 0) is 62.0 Å². The second kappa shape index (κ2) is 10.0. The smallest absolute Gasteiger partial charge is 0.229 e. The van der Waals surface area contributed by atoms with Gasteiger partial charge in [0.05, 0.1) is 11.6 Å². The van der Waals surface area contributed by atoms with Crippen LogP contribution >= 0.6 is 23.8 Å². The summed E-state index contributed by atoms with van der Waals surface area (Å²) in [5, 5.41) is 9.20. The van der Waals surface area contributed by atoms with Crippen LogP contribution in [-0.4, -0.2) is 26.0 Å². The molecule has 7 nitrogen and oxygen atoms in total. The van der Waals surface area contributed by atoms with Gasteiger partial charge in [-0.1, -0.05) is 17.7 Å². The molecule has 0 aliphatic rings. The number of benzene rings is 1. The number of aryl methyl sites for hydroxylation is 2. The molecule has 0 spiro atoms. The van der Waals surface area contributed by atoms with E-state index in [1.54, 1.807) is 12.4 Å². The van der Waals surface area contributed by atoms with Crippen molar-refractivity contribution in [1.29, 1.82) is 0 Å². The van der Waals surface area contributed by atoms with Crippen molar-refractivity contribution in [3.8, 4) is 0 Å². The van der Waals surface area contributed by atoms with E-state index in [9.17, 15) is 4.39 Å². The fourth-order valence-corrected chi connectivity index (χ4v) is 2.90. The van der Waals surface area contributed by atoms with Gasteiger partial charge >= 0.3 is 0 Å². The minimum atomic E-state index is -0.506. The average molecular weight is 444 g/mol. The van der Waals surface area contributed by atoms with Crippen LogP contribution in [0.5, 0.6) is 0 Å². The molecule has 154 valence electrons. The zero-order chi connectivity index (χ0) is 21.5. The summed E-state index contributed by atoms with van der Waals surface area (Å²) in [5.41, 5.74) is 3.09. The van der Waals surface area contributed by atoms with Crippen molar-refractivity contribution in [2.24, 2.45) is 4.99 Å². The summed E-state index contributed by atoms with van der Waals surface area (Å²) in [4.78, 5) is 17.3. The second-order valence-corrected chi connectivity index (χ2v) is 7.15. The first-order chi connectivity index (χ1) is 14.4. The molecule has 0 aliphatic carbocycles. The topological polar surface area (TPSA) is 87.1 Å². The first-order valence-electron chi connectivity index (χ1n) is 8.95. The lowest BCUT2D eigenvalue weighted by molar-refractivity contribution is 0.628. The van der Waals surface area contributed by atoms with E-state index >= 15 is 0 Å². The van der Waals surface area contributed by atoms with E-state index in [4.69, 9.17) is 23.8 Å². The predicted octanol–water partition coefficient (Wildman–Crippen LogP) is 4.24. The third-order valence-corrected chi connectivity index (χ3v) is 4.26. The van der Waals surface area contributed by atoms with E-state index in [-0.39, 0.29) is 10.1 Å². The fourth-order valence-electron chi connectivity index (χ4n) is 2.50. The van der Waals surface area contributed by atoms with Gasteiger partial charge in [0.25, 0.3) is 0 Å². The minimum absolute atomic E-state index is 0.00460. The highest BCUT2D eigenvalue weighted by Gasteiger charge is 2.08. The summed E-state index contributed by atoms with van der Waals surface area (Å²) in [5.74, 6) is 0.223. The lowest BCUT2D eigenvalue weighted by atomic mass is 10.3. The molecule has 30 heavy (non-hydrogen) atoms. The van der Waals surface area contributed by atoms with Gasteiger partial charge in [0.1, 0.15) is 5.82 Å². The number of anilines is 2. The molecule has 0 saturated heterocycles. The van der Waals surface area contributed by atoms with E-state index in [1.807, 2.05) is 32.0 Å². The Morgan fingerprint density at radius 2 is 1.90 bits per heavy atom. The number of nitrogens with zero attached hydrogens (tertiary/aromatic N) is 4. The van der Waals surface area contributed by atoms with Crippen molar-refractivity contribution in [2.45, 2.75) is 20.4 Å². The van der Waals surface area contributed by atoms with Crippen molar-refractivity contribution in [1.82, 2.24) is 20.3 Å². The Labute approximate surface area is 183 Å². The van der Waals surface area contributed by atoms with Crippen molar-refractivity contribution < 1.29 is 4.39 Å². The number of nitrogens with one attached hydrogen (secondary N) is 3. The molecule has 0 radical (unpaired) electrons. The summed E-state index contributed by atoms with van der Waals surface area (Å²) >= 11 is 11.2. The summed E-state index contributed by atoms with van der Waals surface area (Å²) in [6.07, 6.45) is 3.42. The average Bonchev–Trinajstić information content (AvgIpc) is 2.69. The normalized spacial score (nSPS) is 11.1. The van der Waals surface area contributed by atoms with Gasteiger partial charge in [-0.25, -0.2) is 19.4 Å². The van der Waals surface area contributed by atoms with Crippen LogP contribution in [0, 0.1) is 19.7 Å². The summed E-state index contributed by atoms with van der Waals surface area (Å²) in [7, 11) is 0. The van der Waals surface area contributed by atoms with Crippen molar-refractivity contribution >= 4 is 46.5 Å². The van der Waals surface area contributed by atoms with Crippen LogP contribution in [-0.2, 0) is 6.54 Å². The lowest BCUT2D eigenvalue weighted by Crippen LogP contribution is -2.39. The highest BCUT2D eigenvalue weighted by atomic mass is 35.5. The number of halogens is 2. The molecule has 0 atom stereocenters. The maximum atomic E-state index is 13.4. The summed E-state index contributed by atoms with van der Waals surface area (Å²) in [6.45, 7) is 4.12. The Hall–Kier alpha value is -3.17. The van der Waals surface area contributed by atoms with Gasteiger partial charge < -0.3 is 10.6 Å². The van der Waals surface area contributed by atoms with Crippen molar-refractivity contribution in [3.63, 3.8) is 0 Å². The van der Waals surface area contributed by atoms with Crippen LogP contribution in [0.2, 0.25) is 5.02 Å². The zero-order valence-corrected chi connectivity index (χ0v) is 17.9. The maximum Gasteiger partial charge on any atom is 0.229 e. The molecular formula is C20H19ClFN7S. The second-order valence-electron chi connectivity index (χ2n) is 6.33. The molecule has 3 aromatic rings. The molecule has 0 fully saturated rings. The number of aliphatic imine (C=N–C) groups is 1. The van der Waals surface area contributed by atoms with Crippen LogP contribution in [0.25, 0.3) is 0 Å². The Morgan fingerprint density at radius 1 is 1.13 bits per heavy atom. The molecule has 0 amide bonds. The van der Waals surface area contributed by atoms with Gasteiger partial charge in [-0.3, -0.25) is 10.3 Å². The maximum absolute atomic E-state index is 13.4. The highest BCUT2D eigenvalue weighted by Crippen LogP contribution is 2.19. The number of thiocarbonyl (C=S) groups is 1. The van der Waals surface area contributed by atoms with Crippen LogP contribution < -0.4 is 16.0 Å². The molecule has 1 aromatic carbocycles. The van der Waals surface area contributed by atoms with Crippen LogP contribution in [0.4, 0.5) is 16.0 Å². The minimum Gasteiger partial charge on any atom is -0.332 e. The zero-order valence-electron chi connectivity index (χ0n) is 16.3. The molecule has 2 heterocycles. The molecule has 0 bridgehead atoms. The molecule has 0 saturated carbocycles. The third-order valence-electron chi connectivity index (χ3n) is 3.76. The van der Waals surface area contributed by atoms with E-state index in [0.717, 1.165) is 17.0 Å². The molecule has 2 aromatic heterocycles. The van der Waals surface area contributed by atoms with Gasteiger partial charge in [0, 0.05) is 29.5 Å². The third kappa shape index (κ3) is 6.43. The van der Waals surface area contributed by atoms with Gasteiger partial charge in [0.15, 0.2) is 5.11 Å². The molecule has 3 N–H and O–H groups in total. The lowest BCUT2D eigenvalue weighted by Gasteiger charge is -2.14. The van der Waals surface area contributed by atoms with E-state index in [0.29, 0.717) is 24.1 Å². The molecule has 3 rings (SSSR count). The Balaban J connectivity index is 1.77.